The number of aromatic nitrogens is 2. The fourth-order valence-electron chi connectivity index (χ4n) is 3.28. The number of sulfonamides is 1. The third kappa shape index (κ3) is 3.96. The summed E-state index contributed by atoms with van der Waals surface area (Å²) in [6, 6.07) is 10.5. The fourth-order valence-corrected chi connectivity index (χ4v) is 4.16. The van der Waals surface area contributed by atoms with Gasteiger partial charge in [0.1, 0.15) is 0 Å². The Morgan fingerprint density at radius 3 is 2.67 bits per heavy atom. The highest BCUT2D eigenvalue weighted by Crippen LogP contribution is 2.26. The molecule has 6 nitrogen and oxygen atoms in total. The number of nitrogens with zero attached hydrogens (tertiary/aromatic N) is 2. The Bertz CT molecular complexity index is 766. The summed E-state index contributed by atoms with van der Waals surface area (Å²) in [6.07, 6.45) is 4.81. The van der Waals surface area contributed by atoms with Gasteiger partial charge in [0.25, 0.3) is 0 Å². The van der Waals surface area contributed by atoms with Gasteiger partial charge in [-0.05, 0) is 43.9 Å². The lowest BCUT2D eigenvalue weighted by Gasteiger charge is -2.34. The first kappa shape index (κ1) is 17.0. The molecule has 1 aliphatic heterocycles. The van der Waals surface area contributed by atoms with E-state index in [2.05, 4.69) is 34.6 Å². The lowest BCUT2D eigenvalue weighted by molar-refractivity contribution is 0.258. The van der Waals surface area contributed by atoms with Crippen LogP contribution in [0.5, 0.6) is 0 Å². The molecule has 130 valence electrons. The van der Waals surface area contributed by atoms with Gasteiger partial charge >= 0.3 is 0 Å². The summed E-state index contributed by atoms with van der Waals surface area (Å²) < 4.78 is 24.8. The van der Waals surface area contributed by atoms with E-state index < -0.39 is 10.0 Å². The molecule has 2 aromatic rings. The summed E-state index contributed by atoms with van der Waals surface area (Å²) in [4.78, 5) is 0. The monoisotopic (exact) mass is 348 g/mol. The van der Waals surface area contributed by atoms with Crippen molar-refractivity contribution >= 4 is 15.7 Å². The van der Waals surface area contributed by atoms with Crippen LogP contribution in [0.3, 0.4) is 0 Å². The van der Waals surface area contributed by atoms with Crippen LogP contribution in [0.1, 0.15) is 19.8 Å². The predicted molar refractivity (Wildman–Crippen MR) is 96.2 cm³/mol. The van der Waals surface area contributed by atoms with E-state index in [0.29, 0.717) is 25.0 Å². The Morgan fingerprint density at radius 1 is 1.29 bits per heavy atom. The normalized spacial score (nSPS) is 18.4. The van der Waals surface area contributed by atoms with Crippen molar-refractivity contribution in [1.82, 2.24) is 14.5 Å². The molecule has 1 fully saturated rings. The Kier molecular flexibility index (Phi) is 4.91. The van der Waals surface area contributed by atoms with Crippen molar-refractivity contribution in [3.05, 3.63) is 36.5 Å². The summed E-state index contributed by atoms with van der Waals surface area (Å²) >= 11 is 0. The zero-order valence-electron chi connectivity index (χ0n) is 14.1. The number of hydrogen-bond acceptors (Lipinski definition) is 4. The standard InChI is InChI=1S/C17H24N4O2S/c1-13(14-7-10-21(11-8-14)24(2,22)23)19-16-5-3-4-15(12-16)17-6-9-18-20-17/h3-6,9,12-14,19H,7-8,10-11H2,1-2H3,(H,18,20). The molecular weight excluding hydrogens is 324 g/mol. The largest absolute Gasteiger partial charge is 0.382 e. The van der Waals surface area contributed by atoms with Crippen molar-refractivity contribution in [3.8, 4) is 11.3 Å². The number of piperidine rings is 1. The van der Waals surface area contributed by atoms with E-state index in [1.54, 1.807) is 10.5 Å². The average molecular weight is 348 g/mol. The SMILES string of the molecule is CC(Nc1cccc(-c2ccn[nH]2)c1)C1CCN(S(C)(=O)=O)CC1. The maximum Gasteiger partial charge on any atom is 0.211 e. The molecule has 24 heavy (non-hydrogen) atoms. The van der Waals surface area contributed by atoms with Crippen LogP contribution in [0.25, 0.3) is 11.3 Å². The lowest BCUT2D eigenvalue weighted by Crippen LogP contribution is -2.41. The Morgan fingerprint density at radius 2 is 2.04 bits per heavy atom. The smallest absolute Gasteiger partial charge is 0.211 e. The number of benzene rings is 1. The topological polar surface area (TPSA) is 78.1 Å². The molecule has 1 saturated heterocycles. The van der Waals surface area contributed by atoms with Gasteiger partial charge in [-0.15, -0.1) is 0 Å². The molecule has 1 aromatic heterocycles. The van der Waals surface area contributed by atoms with Crippen molar-refractivity contribution in [2.75, 3.05) is 24.7 Å². The second-order valence-electron chi connectivity index (χ2n) is 6.48. The summed E-state index contributed by atoms with van der Waals surface area (Å²) in [6.45, 7) is 3.40. The molecular formula is C17H24N4O2S. The molecule has 0 saturated carbocycles. The molecule has 1 aromatic carbocycles. The van der Waals surface area contributed by atoms with E-state index in [9.17, 15) is 8.42 Å². The third-order valence-corrected chi connectivity index (χ3v) is 6.05. The third-order valence-electron chi connectivity index (χ3n) is 4.74. The van der Waals surface area contributed by atoms with Gasteiger partial charge in [-0.2, -0.15) is 5.10 Å². The van der Waals surface area contributed by atoms with Crippen molar-refractivity contribution in [2.24, 2.45) is 5.92 Å². The van der Waals surface area contributed by atoms with E-state index in [-0.39, 0.29) is 0 Å². The first-order valence-electron chi connectivity index (χ1n) is 8.25. The maximum absolute atomic E-state index is 11.6. The second kappa shape index (κ2) is 6.94. The number of rotatable bonds is 5. The van der Waals surface area contributed by atoms with Gasteiger partial charge in [0.05, 0.1) is 11.9 Å². The van der Waals surface area contributed by atoms with Crippen molar-refractivity contribution in [1.29, 1.82) is 0 Å². The highest BCUT2D eigenvalue weighted by atomic mass is 32.2. The van der Waals surface area contributed by atoms with Crippen molar-refractivity contribution in [3.63, 3.8) is 0 Å². The molecule has 2 heterocycles. The Labute approximate surface area is 143 Å². The van der Waals surface area contributed by atoms with Crippen LogP contribution in [-0.4, -0.2) is 48.3 Å². The minimum absolute atomic E-state index is 0.295. The highest BCUT2D eigenvalue weighted by Gasteiger charge is 2.27. The highest BCUT2D eigenvalue weighted by molar-refractivity contribution is 7.88. The van der Waals surface area contributed by atoms with Gasteiger partial charge in [0.15, 0.2) is 0 Å². The van der Waals surface area contributed by atoms with E-state index in [4.69, 9.17) is 0 Å². The van der Waals surface area contributed by atoms with Gasteiger partial charge in [0, 0.05) is 36.6 Å². The quantitative estimate of drug-likeness (QED) is 0.870. The van der Waals surface area contributed by atoms with Crippen LogP contribution in [0.4, 0.5) is 5.69 Å². The van der Waals surface area contributed by atoms with Crippen molar-refractivity contribution in [2.45, 2.75) is 25.8 Å². The fraction of sp³-hybridized carbons (Fsp3) is 0.471. The lowest BCUT2D eigenvalue weighted by atomic mass is 9.91. The zero-order valence-corrected chi connectivity index (χ0v) is 14.9. The molecule has 7 heteroatoms. The van der Waals surface area contributed by atoms with Crippen LogP contribution < -0.4 is 5.32 Å². The zero-order chi connectivity index (χ0) is 17.2. The molecule has 0 radical (unpaired) electrons. The van der Waals surface area contributed by atoms with Gasteiger partial charge in [-0.1, -0.05) is 12.1 Å². The van der Waals surface area contributed by atoms with Gasteiger partial charge in [-0.3, -0.25) is 5.10 Å². The predicted octanol–water partition coefficient (Wildman–Crippen LogP) is 2.55. The molecule has 0 spiro atoms. The Hall–Kier alpha value is -1.86. The minimum atomic E-state index is -3.06. The van der Waals surface area contributed by atoms with Crippen LogP contribution in [0, 0.1) is 5.92 Å². The summed E-state index contributed by atoms with van der Waals surface area (Å²) in [5, 5.41) is 10.5. The number of hydrogen-bond donors (Lipinski definition) is 2. The molecule has 1 aliphatic rings. The van der Waals surface area contributed by atoms with Gasteiger partial charge in [-0.25, -0.2) is 12.7 Å². The van der Waals surface area contributed by atoms with Gasteiger partial charge in [0.2, 0.25) is 10.0 Å². The Balaban J connectivity index is 1.62. The molecule has 0 aliphatic carbocycles. The molecule has 2 N–H and O–H groups in total. The summed E-state index contributed by atoms with van der Waals surface area (Å²) in [5.41, 5.74) is 3.16. The molecule has 1 unspecified atom stereocenters. The number of aromatic amines is 1. The maximum atomic E-state index is 11.6. The molecule has 0 bridgehead atoms. The first-order valence-corrected chi connectivity index (χ1v) is 10.1. The average Bonchev–Trinajstić information content (AvgIpc) is 3.09. The van der Waals surface area contributed by atoms with E-state index in [1.165, 1.54) is 6.26 Å². The first-order chi connectivity index (χ1) is 11.4. The minimum Gasteiger partial charge on any atom is -0.382 e. The number of anilines is 1. The van der Waals surface area contributed by atoms with E-state index in [1.807, 2.05) is 18.2 Å². The van der Waals surface area contributed by atoms with E-state index in [0.717, 1.165) is 29.8 Å². The number of nitrogens with one attached hydrogen (secondary N) is 2. The number of H-pyrrole nitrogens is 1. The van der Waals surface area contributed by atoms with Crippen LogP contribution in [0.15, 0.2) is 36.5 Å². The van der Waals surface area contributed by atoms with Crippen LogP contribution in [-0.2, 0) is 10.0 Å². The van der Waals surface area contributed by atoms with E-state index >= 15 is 0 Å². The molecule has 0 amide bonds. The molecule has 3 rings (SSSR count). The van der Waals surface area contributed by atoms with Crippen LogP contribution in [0.2, 0.25) is 0 Å². The van der Waals surface area contributed by atoms with Crippen LogP contribution >= 0.6 is 0 Å². The van der Waals surface area contributed by atoms with Crippen molar-refractivity contribution < 1.29 is 8.42 Å². The molecule has 1 atom stereocenters. The second-order valence-corrected chi connectivity index (χ2v) is 8.47. The summed E-state index contributed by atoms with van der Waals surface area (Å²) in [5.74, 6) is 0.471. The summed E-state index contributed by atoms with van der Waals surface area (Å²) in [7, 11) is -3.06. The van der Waals surface area contributed by atoms with Gasteiger partial charge < -0.3 is 5.32 Å².